The third kappa shape index (κ3) is 3.18. The maximum atomic E-state index is 11.6. The van der Waals surface area contributed by atoms with Gasteiger partial charge >= 0.3 is 0 Å². The van der Waals surface area contributed by atoms with Crippen LogP contribution >= 0.6 is 11.8 Å². The molecule has 1 amide bonds. The Labute approximate surface area is 99.4 Å². The van der Waals surface area contributed by atoms with Gasteiger partial charge in [0.15, 0.2) is 0 Å². The molecule has 0 unspecified atom stereocenters. The Hall–Kier alpha value is -1.14. The summed E-state index contributed by atoms with van der Waals surface area (Å²) in [6, 6.07) is -0.487. The molecule has 0 aromatic carbocycles. The molecule has 0 bridgehead atoms. The van der Waals surface area contributed by atoms with Crippen LogP contribution in [0.4, 0.5) is 0 Å². The second kappa shape index (κ2) is 5.81. The lowest BCUT2D eigenvalue weighted by molar-refractivity contribution is -0.131. The summed E-state index contributed by atoms with van der Waals surface area (Å²) >= 11 is 1.51. The fraction of sp³-hybridized carbons (Fsp3) is 0.500. The van der Waals surface area contributed by atoms with Crippen molar-refractivity contribution >= 4 is 17.7 Å². The summed E-state index contributed by atoms with van der Waals surface area (Å²) in [7, 11) is 1.71. The van der Waals surface area contributed by atoms with Crippen molar-refractivity contribution in [1.29, 1.82) is 0 Å². The second-order valence-electron chi connectivity index (χ2n) is 3.50. The van der Waals surface area contributed by atoms with E-state index < -0.39 is 6.04 Å². The van der Waals surface area contributed by atoms with Gasteiger partial charge in [-0.05, 0) is 13.2 Å². The maximum Gasteiger partial charge on any atom is 0.239 e. The molecular weight excluding hydrogens is 224 g/mol. The summed E-state index contributed by atoms with van der Waals surface area (Å²) in [6.07, 6.45) is 5.20. The molecule has 5 nitrogen and oxygen atoms in total. The van der Waals surface area contributed by atoms with Crippen molar-refractivity contribution in [3.8, 4) is 0 Å². The van der Waals surface area contributed by atoms with Crippen LogP contribution in [-0.4, -0.2) is 40.1 Å². The van der Waals surface area contributed by atoms with Gasteiger partial charge in [-0.3, -0.25) is 9.78 Å². The van der Waals surface area contributed by atoms with Crippen molar-refractivity contribution in [2.24, 2.45) is 5.73 Å². The van der Waals surface area contributed by atoms with Gasteiger partial charge in [0.1, 0.15) is 5.03 Å². The largest absolute Gasteiger partial charge is 0.338 e. The van der Waals surface area contributed by atoms with E-state index in [9.17, 15) is 4.79 Å². The fourth-order valence-electron chi connectivity index (χ4n) is 1.28. The van der Waals surface area contributed by atoms with Crippen molar-refractivity contribution in [3.63, 3.8) is 0 Å². The Morgan fingerprint density at radius 1 is 1.56 bits per heavy atom. The number of carbonyl (C=O) groups excluding carboxylic acids is 1. The van der Waals surface area contributed by atoms with E-state index in [4.69, 9.17) is 5.73 Å². The Kier molecular flexibility index (Phi) is 4.70. The van der Waals surface area contributed by atoms with Crippen LogP contribution < -0.4 is 5.73 Å². The van der Waals surface area contributed by atoms with Gasteiger partial charge in [0.05, 0.1) is 18.3 Å². The van der Waals surface area contributed by atoms with Crippen molar-refractivity contribution < 1.29 is 4.79 Å². The fourth-order valence-corrected chi connectivity index (χ4v) is 1.80. The average Bonchev–Trinajstić information content (AvgIpc) is 2.28. The van der Waals surface area contributed by atoms with Gasteiger partial charge in [0.2, 0.25) is 5.91 Å². The highest BCUT2D eigenvalue weighted by molar-refractivity contribution is 7.98. The Morgan fingerprint density at radius 2 is 2.19 bits per heavy atom. The normalized spacial score (nSPS) is 12.2. The zero-order valence-corrected chi connectivity index (χ0v) is 10.5. The quantitative estimate of drug-likeness (QED) is 0.776. The maximum absolute atomic E-state index is 11.6. The number of nitrogens with zero attached hydrogens (tertiary/aromatic N) is 3. The minimum atomic E-state index is -0.487. The number of nitrogens with two attached hydrogens (primary N) is 1. The molecule has 0 spiro atoms. The standard InChI is InChI=1S/C10H16N4OS/c1-7(11)10(15)14(2)6-8-9(16-3)13-5-4-12-8/h4-5,7H,6,11H2,1-3H3/t7-/m0/s1. The first-order valence-corrected chi connectivity index (χ1v) is 6.13. The lowest BCUT2D eigenvalue weighted by atomic mass is 10.3. The molecule has 2 N–H and O–H groups in total. The molecule has 16 heavy (non-hydrogen) atoms. The predicted octanol–water partition coefficient (Wildman–Crippen LogP) is 0.504. The van der Waals surface area contributed by atoms with Crippen LogP contribution in [-0.2, 0) is 11.3 Å². The molecule has 0 aliphatic heterocycles. The number of aromatic nitrogens is 2. The highest BCUT2D eigenvalue weighted by Gasteiger charge is 2.15. The first-order chi connectivity index (χ1) is 7.56. The Balaban J connectivity index is 2.76. The molecule has 1 aromatic heterocycles. The van der Waals surface area contributed by atoms with Crippen molar-refractivity contribution in [3.05, 3.63) is 18.1 Å². The molecule has 1 rings (SSSR count). The molecule has 0 aliphatic rings. The van der Waals surface area contributed by atoms with Crippen LogP contribution in [0.1, 0.15) is 12.6 Å². The monoisotopic (exact) mass is 240 g/mol. The van der Waals surface area contributed by atoms with Crippen LogP contribution in [0, 0.1) is 0 Å². The number of hydrogen-bond donors (Lipinski definition) is 1. The van der Waals surface area contributed by atoms with Gasteiger partial charge in [-0.15, -0.1) is 11.8 Å². The summed E-state index contributed by atoms with van der Waals surface area (Å²) in [5, 5.41) is 0.840. The predicted molar refractivity (Wildman–Crippen MR) is 63.9 cm³/mol. The van der Waals surface area contributed by atoms with Gasteiger partial charge in [-0.2, -0.15) is 0 Å². The third-order valence-electron chi connectivity index (χ3n) is 2.08. The van der Waals surface area contributed by atoms with Gasteiger partial charge in [0, 0.05) is 19.4 Å². The smallest absolute Gasteiger partial charge is 0.239 e. The third-order valence-corrected chi connectivity index (χ3v) is 2.81. The van der Waals surface area contributed by atoms with E-state index in [-0.39, 0.29) is 5.91 Å². The molecule has 6 heteroatoms. The highest BCUT2D eigenvalue weighted by atomic mass is 32.2. The van der Waals surface area contributed by atoms with E-state index in [0.717, 1.165) is 10.7 Å². The summed E-state index contributed by atoms with van der Waals surface area (Å²) < 4.78 is 0. The van der Waals surface area contributed by atoms with Gasteiger partial charge in [-0.25, -0.2) is 4.98 Å². The minimum absolute atomic E-state index is 0.0993. The molecular formula is C10H16N4OS. The van der Waals surface area contributed by atoms with Crippen LogP contribution in [0.25, 0.3) is 0 Å². The first kappa shape index (κ1) is 12.9. The van der Waals surface area contributed by atoms with E-state index in [1.54, 1.807) is 31.3 Å². The SMILES string of the molecule is CSc1nccnc1CN(C)C(=O)[C@H](C)N. The van der Waals surface area contributed by atoms with E-state index >= 15 is 0 Å². The lowest BCUT2D eigenvalue weighted by Crippen LogP contribution is -2.39. The van der Waals surface area contributed by atoms with Gasteiger partial charge in [0.25, 0.3) is 0 Å². The minimum Gasteiger partial charge on any atom is -0.338 e. The van der Waals surface area contributed by atoms with E-state index in [1.807, 2.05) is 6.26 Å². The van der Waals surface area contributed by atoms with Crippen LogP contribution in [0.15, 0.2) is 17.4 Å². The van der Waals surface area contributed by atoms with Gasteiger partial charge in [-0.1, -0.05) is 0 Å². The topological polar surface area (TPSA) is 72.1 Å². The van der Waals surface area contributed by atoms with Gasteiger partial charge < -0.3 is 10.6 Å². The number of likely N-dealkylation sites (N-methyl/N-ethyl adjacent to an activating group) is 1. The highest BCUT2D eigenvalue weighted by Crippen LogP contribution is 2.15. The van der Waals surface area contributed by atoms with Crippen LogP contribution in [0.5, 0.6) is 0 Å². The Bertz CT molecular complexity index is 370. The molecule has 0 saturated carbocycles. The van der Waals surface area contributed by atoms with Crippen molar-refractivity contribution in [2.75, 3.05) is 13.3 Å². The van der Waals surface area contributed by atoms with E-state index in [2.05, 4.69) is 9.97 Å². The molecule has 1 heterocycles. The molecule has 0 aliphatic carbocycles. The van der Waals surface area contributed by atoms with E-state index in [0.29, 0.717) is 6.54 Å². The molecule has 88 valence electrons. The second-order valence-corrected chi connectivity index (χ2v) is 4.29. The van der Waals surface area contributed by atoms with Crippen LogP contribution in [0.2, 0.25) is 0 Å². The molecule has 0 radical (unpaired) electrons. The number of rotatable bonds is 4. The average molecular weight is 240 g/mol. The molecule has 0 saturated heterocycles. The first-order valence-electron chi connectivity index (χ1n) is 4.90. The summed E-state index contributed by atoms with van der Waals surface area (Å²) in [4.78, 5) is 21.6. The van der Waals surface area contributed by atoms with E-state index in [1.165, 1.54) is 11.8 Å². The summed E-state index contributed by atoms with van der Waals surface area (Å²) in [5.74, 6) is -0.0993. The zero-order valence-electron chi connectivity index (χ0n) is 9.67. The molecule has 0 fully saturated rings. The van der Waals surface area contributed by atoms with Crippen molar-refractivity contribution in [2.45, 2.75) is 24.5 Å². The molecule has 1 atom stereocenters. The number of amides is 1. The van der Waals surface area contributed by atoms with Crippen molar-refractivity contribution in [1.82, 2.24) is 14.9 Å². The summed E-state index contributed by atoms with van der Waals surface area (Å²) in [6.45, 7) is 2.11. The Morgan fingerprint density at radius 3 is 2.75 bits per heavy atom. The lowest BCUT2D eigenvalue weighted by Gasteiger charge is -2.19. The number of hydrogen-bond acceptors (Lipinski definition) is 5. The zero-order chi connectivity index (χ0) is 12.1. The van der Waals surface area contributed by atoms with Crippen LogP contribution in [0.3, 0.4) is 0 Å². The summed E-state index contributed by atoms with van der Waals surface area (Å²) in [5.41, 5.74) is 6.33. The number of carbonyl (C=O) groups is 1. The molecule has 1 aromatic rings. The number of thioether (sulfide) groups is 1.